The van der Waals surface area contributed by atoms with Crippen LogP contribution in [0.25, 0.3) is 0 Å². The van der Waals surface area contributed by atoms with Crippen molar-refractivity contribution in [3.63, 3.8) is 0 Å². The molecule has 0 spiro atoms. The summed E-state index contributed by atoms with van der Waals surface area (Å²) in [7, 11) is 0. The molecule has 0 bridgehead atoms. The minimum Gasteiger partial charge on any atom is -0.353 e. The van der Waals surface area contributed by atoms with Gasteiger partial charge >= 0.3 is 0 Å². The number of nitrogens with one attached hydrogen (secondary N) is 2. The Balaban J connectivity index is 2.27. The van der Waals surface area contributed by atoms with Crippen LogP contribution >= 0.6 is 0 Å². The summed E-state index contributed by atoms with van der Waals surface area (Å²) < 4.78 is 0. The Morgan fingerprint density at radius 2 is 2.25 bits per heavy atom. The van der Waals surface area contributed by atoms with Crippen molar-refractivity contribution in [2.24, 2.45) is 5.41 Å². The van der Waals surface area contributed by atoms with Gasteiger partial charge in [0.2, 0.25) is 5.91 Å². The summed E-state index contributed by atoms with van der Waals surface area (Å²) in [6.45, 7) is 8.16. The molecule has 0 saturated carbocycles. The highest BCUT2D eigenvalue weighted by Gasteiger charge is 2.36. The van der Waals surface area contributed by atoms with Gasteiger partial charge in [-0.25, -0.2) is 0 Å². The Hall–Kier alpha value is -0.570. The first kappa shape index (κ1) is 13.5. The van der Waals surface area contributed by atoms with E-state index in [0.29, 0.717) is 6.04 Å². The molecular formula is C13H26N2O. The molecule has 0 aromatic carbocycles. The van der Waals surface area contributed by atoms with Crippen LogP contribution in [0.15, 0.2) is 0 Å². The highest BCUT2D eigenvalue weighted by molar-refractivity contribution is 5.83. The van der Waals surface area contributed by atoms with Gasteiger partial charge in [0.1, 0.15) is 0 Å². The fourth-order valence-electron chi connectivity index (χ4n) is 2.18. The predicted octanol–water partition coefficient (Wildman–Crippen LogP) is 2.07. The van der Waals surface area contributed by atoms with Crippen LogP contribution < -0.4 is 10.6 Å². The van der Waals surface area contributed by atoms with Crippen molar-refractivity contribution in [2.75, 3.05) is 13.1 Å². The molecule has 2 N–H and O–H groups in total. The van der Waals surface area contributed by atoms with E-state index in [9.17, 15) is 4.79 Å². The zero-order chi connectivity index (χ0) is 12.0. The van der Waals surface area contributed by atoms with Gasteiger partial charge in [-0.15, -0.1) is 0 Å². The van der Waals surface area contributed by atoms with Crippen LogP contribution in [0.2, 0.25) is 0 Å². The van der Waals surface area contributed by atoms with Crippen molar-refractivity contribution in [2.45, 2.75) is 58.9 Å². The first-order valence-corrected chi connectivity index (χ1v) is 6.60. The molecule has 1 rings (SSSR count). The molecule has 0 aromatic heterocycles. The smallest absolute Gasteiger partial charge is 0.227 e. The number of hydrogen-bond acceptors (Lipinski definition) is 2. The number of hydrogen-bond donors (Lipinski definition) is 2. The number of rotatable bonds is 6. The van der Waals surface area contributed by atoms with Gasteiger partial charge in [0, 0.05) is 12.6 Å². The van der Waals surface area contributed by atoms with E-state index < -0.39 is 0 Å². The van der Waals surface area contributed by atoms with E-state index in [2.05, 4.69) is 31.4 Å². The molecule has 1 saturated heterocycles. The standard InChI is InChI=1S/C13H26N2O/c1-4-5-6-7-11(2)15-12(16)13(3)8-9-14-10-13/h11,14H,4-10H2,1-3H3,(H,15,16). The van der Waals surface area contributed by atoms with Crippen molar-refractivity contribution in [1.82, 2.24) is 10.6 Å². The van der Waals surface area contributed by atoms with Crippen molar-refractivity contribution >= 4 is 5.91 Å². The van der Waals surface area contributed by atoms with Crippen molar-refractivity contribution in [3.05, 3.63) is 0 Å². The number of amides is 1. The predicted molar refractivity (Wildman–Crippen MR) is 67.3 cm³/mol. The van der Waals surface area contributed by atoms with Gasteiger partial charge in [0.05, 0.1) is 5.41 Å². The Bertz CT molecular complexity index is 222. The minimum absolute atomic E-state index is 0.182. The number of carbonyl (C=O) groups is 1. The van der Waals surface area contributed by atoms with Gasteiger partial charge in [0.25, 0.3) is 0 Å². The largest absolute Gasteiger partial charge is 0.353 e. The van der Waals surface area contributed by atoms with Crippen LogP contribution in [-0.2, 0) is 4.79 Å². The second kappa shape index (κ2) is 6.24. The molecule has 2 atom stereocenters. The van der Waals surface area contributed by atoms with Crippen LogP contribution in [0.3, 0.4) is 0 Å². The van der Waals surface area contributed by atoms with Gasteiger partial charge < -0.3 is 10.6 Å². The van der Waals surface area contributed by atoms with E-state index in [1.807, 2.05) is 0 Å². The number of unbranched alkanes of at least 4 members (excludes halogenated alkanes) is 2. The summed E-state index contributed by atoms with van der Waals surface area (Å²) in [6, 6.07) is 0.316. The van der Waals surface area contributed by atoms with Crippen LogP contribution in [0, 0.1) is 5.41 Å². The van der Waals surface area contributed by atoms with Crippen LogP contribution in [0.4, 0.5) is 0 Å². The molecule has 94 valence electrons. The first-order valence-electron chi connectivity index (χ1n) is 6.60. The highest BCUT2D eigenvalue weighted by atomic mass is 16.2. The lowest BCUT2D eigenvalue weighted by Gasteiger charge is -2.24. The molecule has 2 unspecified atom stereocenters. The fraction of sp³-hybridized carbons (Fsp3) is 0.923. The number of carbonyl (C=O) groups excluding carboxylic acids is 1. The zero-order valence-corrected chi connectivity index (χ0v) is 10.9. The van der Waals surface area contributed by atoms with Crippen LogP contribution in [0.5, 0.6) is 0 Å². The topological polar surface area (TPSA) is 41.1 Å². The van der Waals surface area contributed by atoms with E-state index in [1.54, 1.807) is 0 Å². The lowest BCUT2D eigenvalue weighted by atomic mass is 9.88. The molecule has 1 heterocycles. The summed E-state index contributed by atoms with van der Waals surface area (Å²) in [6.07, 6.45) is 5.78. The maximum Gasteiger partial charge on any atom is 0.227 e. The van der Waals surface area contributed by atoms with E-state index >= 15 is 0 Å². The van der Waals surface area contributed by atoms with Gasteiger partial charge in [-0.2, -0.15) is 0 Å². The maximum atomic E-state index is 12.1. The van der Waals surface area contributed by atoms with Gasteiger partial charge in [-0.1, -0.05) is 26.2 Å². The zero-order valence-electron chi connectivity index (χ0n) is 10.9. The first-order chi connectivity index (χ1) is 7.58. The molecule has 0 aromatic rings. The Kier molecular flexibility index (Phi) is 5.26. The van der Waals surface area contributed by atoms with Gasteiger partial charge in [-0.05, 0) is 33.2 Å². The summed E-state index contributed by atoms with van der Waals surface area (Å²) >= 11 is 0. The molecule has 0 aliphatic carbocycles. The van der Waals surface area contributed by atoms with Crippen molar-refractivity contribution in [1.29, 1.82) is 0 Å². The normalized spacial score (nSPS) is 26.7. The summed E-state index contributed by atoms with van der Waals surface area (Å²) in [4.78, 5) is 12.1. The Labute approximate surface area is 99.4 Å². The maximum absolute atomic E-state index is 12.1. The quantitative estimate of drug-likeness (QED) is 0.681. The third-order valence-corrected chi connectivity index (χ3v) is 3.54. The minimum atomic E-state index is -0.182. The van der Waals surface area contributed by atoms with Crippen molar-refractivity contribution < 1.29 is 4.79 Å². The molecule has 1 aliphatic heterocycles. The Morgan fingerprint density at radius 1 is 1.50 bits per heavy atom. The second-order valence-corrected chi connectivity index (χ2v) is 5.36. The van der Waals surface area contributed by atoms with E-state index in [0.717, 1.165) is 25.9 Å². The third-order valence-electron chi connectivity index (χ3n) is 3.54. The third kappa shape index (κ3) is 3.78. The van der Waals surface area contributed by atoms with Crippen LogP contribution in [0.1, 0.15) is 52.9 Å². The molecule has 3 nitrogen and oxygen atoms in total. The van der Waals surface area contributed by atoms with E-state index in [-0.39, 0.29) is 11.3 Å². The Morgan fingerprint density at radius 3 is 2.81 bits per heavy atom. The van der Waals surface area contributed by atoms with Gasteiger partial charge in [0.15, 0.2) is 0 Å². The summed E-state index contributed by atoms with van der Waals surface area (Å²) in [5.74, 6) is 0.224. The molecule has 3 heteroatoms. The van der Waals surface area contributed by atoms with Gasteiger partial charge in [-0.3, -0.25) is 4.79 Å². The summed E-state index contributed by atoms with van der Waals surface area (Å²) in [5, 5.41) is 6.40. The lowest BCUT2D eigenvalue weighted by Crippen LogP contribution is -2.44. The molecule has 0 radical (unpaired) electrons. The molecular weight excluding hydrogens is 200 g/mol. The molecule has 1 aliphatic rings. The van der Waals surface area contributed by atoms with E-state index in [4.69, 9.17) is 0 Å². The SMILES string of the molecule is CCCCCC(C)NC(=O)C1(C)CCNC1. The molecule has 16 heavy (non-hydrogen) atoms. The van der Waals surface area contributed by atoms with E-state index in [1.165, 1.54) is 19.3 Å². The monoisotopic (exact) mass is 226 g/mol. The lowest BCUT2D eigenvalue weighted by molar-refractivity contribution is -0.129. The van der Waals surface area contributed by atoms with Crippen LogP contribution in [-0.4, -0.2) is 25.0 Å². The average Bonchev–Trinajstić information content (AvgIpc) is 2.67. The average molecular weight is 226 g/mol. The second-order valence-electron chi connectivity index (χ2n) is 5.36. The fourth-order valence-corrected chi connectivity index (χ4v) is 2.18. The molecule has 1 fully saturated rings. The summed E-state index contributed by atoms with van der Waals surface area (Å²) in [5.41, 5.74) is -0.182. The highest BCUT2D eigenvalue weighted by Crippen LogP contribution is 2.24. The molecule has 1 amide bonds. The van der Waals surface area contributed by atoms with Crippen molar-refractivity contribution in [3.8, 4) is 0 Å².